The van der Waals surface area contributed by atoms with Crippen LogP contribution >= 0.6 is 0 Å². The van der Waals surface area contributed by atoms with Crippen molar-refractivity contribution in [2.24, 2.45) is 5.90 Å². The third kappa shape index (κ3) is 4.74. The number of anilines is 1. The topological polar surface area (TPSA) is 80.1 Å². The summed E-state index contributed by atoms with van der Waals surface area (Å²) < 4.78 is 0. The zero-order chi connectivity index (χ0) is 22.7. The van der Waals surface area contributed by atoms with E-state index in [0.29, 0.717) is 18.5 Å². The number of rotatable bonds is 7. The number of carbonyl (C=O) groups is 1. The Kier molecular flexibility index (Phi) is 6.40. The quantitative estimate of drug-likeness (QED) is 0.321. The van der Waals surface area contributed by atoms with Crippen molar-refractivity contribution in [3.63, 3.8) is 0 Å². The number of H-pyrrole nitrogens is 1. The lowest BCUT2D eigenvalue weighted by molar-refractivity contribution is 0.0467. The van der Waals surface area contributed by atoms with Crippen molar-refractivity contribution in [2.45, 2.75) is 39.7 Å². The Bertz CT molecular complexity index is 1220. The van der Waals surface area contributed by atoms with E-state index < -0.39 is 0 Å². The van der Waals surface area contributed by atoms with Crippen LogP contribution < -0.4 is 11.2 Å². The number of amides is 1. The van der Waals surface area contributed by atoms with Gasteiger partial charge in [-0.1, -0.05) is 59.2 Å². The standard InChI is InChI=1S/C27H29N3O2/c1-17-4-9-20(10-5-17)25(32-28)15-13-22-23-16-19(3)8-14-24(23)30-26(22)27(31)29-21-11-6-18(2)7-12-21/h4-12,14,16,25,30H,13,15,28H2,1-3H3,(H,29,31). The number of aromatic nitrogens is 1. The van der Waals surface area contributed by atoms with Gasteiger partial charge in [0.25, 0.3) is 5.91 Å². The second-order valence-electron chi connectivity index (χ2n) is 8.42. The number of nitrogens with one attached hydrogen (secondary N) is 2. The maximum Gasteiger partial charge on any atom is 0.272 e. The van der Waals surface area contributed by atoms with Gasteiger partial charge in [-0.15, -0.1) is 0 Å². The molecule has 1 aromatic heterocycles. The molecule has 0 aliphatic rings. The molecule has 0 spiro atoms. The first kappa shape index (κ1) is 21.8. The van der Waals surface area contributed by atoms with Crippen molar-refractivity contribution in [2.75, 3.05) is 5.32 Å². The molecule has 5 nitrogen and oxygen atoms in total. The molecule has 0 saturated heterocycles. The first-order chi connectivity index (χ1) is 15.4. The van der Waals surface area contributed by atoms with Gasteiger partial charge in [-0.2, -0.15) is 0 Å². The van der Waals surface area contributed by atoms with Crippen LogP contribution in [-0.4, -0.2) is 10.9 Å². The lowest BCUT2D eigenvalue weighted by Gasteiger charge is -2.16. The summed E-state index contributed by atoms with van der Waals surface area (Å²) in [6, 6.07) is 22.2. The maximum absolute atomic E-state index is 13.2. The lowest BCUT2D eigenvalue weighted by atomic mass is 9.98. The monoisotopic (exact) mass is 427 g/mol. The van der Waals surface area contributed by atoms with Crippen molar-refractivity contribution < 1.29 is 9.63 Å². The minimum absolute atomic E-state index is 0.154. The van der Waals surface area contributed by atoms with Crippen LogP contribution in [0.5, 0.6) is 0 Å². The van der Waals surface area contributed by atoms with Crippen LogP contribution in [0.1, 0.15) is 50.8 Å². The highest BCUT2D eigenvalue weighted by atomic mass is 16.6. The Hall–Kier alpha value is -3.41. The Balaban J connectivity index is 1.64. The molecule has 1 unspecified atom stereocenters. The van der Waals surface area contributed by atoms with Crippen molar-refractivity contribution in [1.82, 2.24) is 4.98 Å². The maximum atomic E-state index is 13.2. The number of hydrogen-bond donors (Lipinski definition) is 3. The largest absolute Gasteiger partial charge is 0.350 e. The number of nitrogens with two attached hydrogens (primary N) is 1. The zero-order valence-corrected chi connectivity index (χ0v) is 18.7. The Morgan fingerprint density at radius 2 is 1.56 bits per heavy atom. The van der Waals surface area contributed by atoms with Gasteiger partial charge in [-0.3, -0.25) is 9.63 Å². The fraction of sp³-hybridized carbons (Fsp3) is 0.222. The highest BCUT2D eigenvalue weighted by Crippen LogP contribution is 2.29. The minimum Gasteiger partial charge on any atom is -0.350 e. The normalized spacial score (nSPS) is 12.1. The van der Waals surface area contributed by atoms with Gasteiger partial charge >= 0.3 is 0 Å². The number of aryl methyl sites for hydroxylation is 4. The highest BCUT2D eigenvalue weighted by Gasteiger charge is 2.20. The molecule has 0 fully saturated rings. The molecular formula is C27H29N3O2. The average molecular weight is 428 g/mol. The number of benzene rings is 3. The molecular weight excluding hydrogens is 398 g/mol. The summed E-state index contributed by atoms with van der Waals surface area (Å²) in [5.41, 5.74) is 7.77. The summed E-state index contributed by atoms with van der Waals surface area (Å²) in [4.78, 5) is 21.8. The second-order valence-corrected chi connectivity index (χ2v) is 8.42. The molecule has 0 saturated carbocycles. The molecule has 4 N–H and O–H groups in total. The number of fused-ring (bicyclic) bond motifs is 1. The predicted octanol–water partition coefficient (Wildman–Crippen LogP) is 5.91. The third-order valence-corrected chi connectivity index (χ3v) is 5.87. The Labute approximate surface area is 188 Å². The van der Waals surface area contributed by atoms with E-state index in [0.717, 1.165) is 38.8 Å². The molecule has 3 aromatic carbocycles. The third-order valence-electron chi connectivity index (χ3n) is 5.87. The van der Waals surface area contributed by atoms with E-state index in [9.17, 15) is 4.79 Å². The van der Waals surface area contributed by atoms with Gasteiger partial charge in [0.1, 0.15) is 11.8 Å². The SMILES string of the molecule is Cc1ccc(NC(=O)c2[nH]c3ccc(C)cc3c2CCC(ON)c2ccc(C)cc2)cc1. The predicted molar refractivity (Wildman–Crippen MR) is 130 cm³/mol. The number of aromatic amines is 1. The van der Waals surface area contributed by atoms with Crippen molar-refractivity contribution in [3.8, 4) is 0 Å². The summed E-state index contributed by atoms with van der Waals surface area (Å²) >= 11 is 0. The Morgan fingerprint density at radius 1 is 0.938 bits per heavy atom. The molecule has 0 aliphatic carbocycles. The molecule has 1 amide bonds. The molecule has 1 heterocycles. The molecule has 5 heteroatoms. The lowest BCUT2D eigenvalue weighted by Crippen LogP contribution is -2.15. The van der Waals surface area contributed by atoms with Crippen molar-refractivity contribution >= 4 is 22.5 Å². The summed E-state index contributed by atoms with van der Waals surface area (Å²) in [6.45, 7) is 6.13. The average Bonchev–Trinajstić information content (AvgIpc) is 3.15. The van der Waals surface area contributed by atoms with E-state index in [1.165, 1.54) is 5.56 Å². The van der Waals surface area contributed by atoms with Gasteiger partial charge in [0.2, 0.25) is 0 Å². The Morgan fingerprint density at radius 3 is 2.22 bits per heavy atom. The molecule has 4 rings (SSSR count). The molecule has 4 aromatic rings. The van der Waals surface area contributed by atoms with E-state index in [1.807, 2.05) is 55.5 Å². The van der Waals surface area contributed by atoms with E-state index >= 15 is 0 Å². The van der Waals surface area contributed by atoms with Crippen LogP contribution in [0.2, 0.25) is 0 Å². The summed E-state index contributed by atoms with van der Waals surface area (Å²) in [7, 11) is 0. The van der Waals surface area contributed by atoms with E-state index in [2.05, 4.69) is 42.3 Å². The fourth-order valence-electron chi connectivity index (χ4n) is 4.02. The van der Waals surface area contributed by atoms with E-state index in [1.54, 1.807) is 0 Å². The van der Waals surface area contributed by atoms with Crippen LogP contribution in [0.25, 0.3) is 10.9 Å². The molecule has 32 heavy (non-hydrogen) atoms. The summed E-state index contributed by atoms with van der Waals surface area (Å²) in [5, 5.41) is 4.07. The molecule has 0 bridgehead atoms. The highest BCUT2D eigenvalue weighted by molar-refractivity contribution is 6.08. The zero-order valence-electron chi connectivity index (χ0n) is 18.7. The minimum atomic E-state index is -0.252. The number of hydrogen-bond acceptors (Lipinski definition) is 3. The van der Waals surface area contributed by atoms with Crippen LogP contribution in [0.15, 0.2) is 66.7 Å². The molecule has 1 atom stereocenters. The van der Waals surface area contributed by atoms with Gasteiger partial charge < -0.3 is 10.3 Å². The van der Waals surface area contributed by atoms with Crippen LogP contribution in [0, 0.1) is 20.8 Å². The molecule has 0 radical (unpaired) electrons. The van der Waals surface area contributed by atoms with Gasteiger partial charge in [0, 0.05) is 16.6 Å². The van der Waals surface area contributed by atoms with Gasteiger partial charge in [-0.25, -0.2) is 5.90 Å². The molecule has 164 valence electrons. The van der Waals surface area contributed by atoms with Crippen molar-refractivity contribution in [1.29, 1.82) is 0 Å². The summed E-state index contributed by atoms with van der Waals surface area (Å²) in [6.07, 6.45) is 1.06. The van der Waals surface area contributed by atoms with E-state index in [-0.39, 0.29) is 12.0 Å². The van der Waals surface area contributed by atoms with Crippen LogP contribution in [0.4, 0.5) is 5.69 Å². The summed E-state index contributed by atoms with van der Waals surface area (Å²) in [5.74, 6) is 5.49. The molecule has 0 aliphatic heterocycles. The van der Waals surface area contributed by atoms with Crippen molar-refractivity contribution in [3.05, 3.63) is 100 Å². The van der Waals surface area contributed by atoms with Gasteiger partial charge in [0.05, 0.1) is 0 Å². The second kappa shape index (κ2) is 9.39. The van der Waals surface area contributed by atoms with E-state index in [4.69, 9.17) is 10.7 Å². The van der Waals surface area contributed by atoms with Crippen LogP contribution in [0.3, 0.4) is 0 Å². The first-order valence-electron chi connectivity index (χ1n) is 10.9. The number of carbonyl (C=O) groups excluding carboxylic acids is 1. The smallest absolute Gasteiger partial charge is 0.272 e. The first-order valence-corrected chi connectivity index (χ1v) is 10.9. The van der Waals surface area contributed by atoms with Crippen LogP contribution in [-0.2, 0) is 11.3 Å². The van der Waals surface area contributed by atoms with Gasteiger partial charge in [-0.05, 0) is 69.0 Å². The van der Waals surface area contributed by atoms with Gasteiger partial charge in [0.15, 0.2) is 0 Å². The fourth-order valence-corrected chi connectivity index (χ4v) is 4.02.